The van der Waals surface area contributed by atoms with Crippen molar-refractivity contribution in [1.29, 1.82) is 0 Å². The second-order valence-corrected chi connectivity index (χ2v) is 12.9. The van der Waals surface area contributed by atoms with Crippen LogP contribution in [0.2, 0.25) is 5.02 Å². The van der Waals surface area contributed by atoms with Crippen LogP contribution in [0.25, 0.3) is 10.8 Å². The molecule has 2 heterocycles. The highest BCUT2D eigenvalue weighted by Gasteiger charge is 2.58. The molecule has 46 heavy (non-hydrogen) atoms. The number of hydrogen-bond acceptors (Lipinski definition) is 7. The van der Waals surface area contributed by atoms with Crippen molar-refractivity contribution < 1.29 is 37.5 Å². The van der Waals surface area contributed by atoms with E-state index in [1.807, 2.05) is 6.08 Å². The van der Waals surface area contributed by atoms with Gasteiger partial charge >= 0.3 is 6.18 Å². The number of phenols is 1. The number of phenolic OH excluding ortho intramolecular Hbond substituents is 1. The molecule has 1 N–H and O–H groups in total. The van der Waals surface area contributed by atoms with E-state index in [-0.39, 0.29) is 45.0 Å². The molecule has 3 aliphatic carbocycles. The molecule has 3 aromatic rings. The fourth-order valence-electron chi connectivity index (χ4n) is 7.31. The molecule has 4 unspecified atom stereocenters. The first kappa shape index (κ1) is 30.4. The average Bonchev–Trinajstić information content (AvgIpc) is 3.28. The van der Waals surface area contributed by atoms with Gasteiger partial charge in [0.1, 0.15) is 11.4 Å². The predicted molar refractivity (Wildman–Crippen MR) is 165 cm³/mol. The lowest BCUT2D eigenvalue weighted by Crippen LogP contribution is -2.46. The molecule has 7 rings (SSSR count). The van der Waals surface area contributed by atoms with Crippen LogP contribution >= 0.6 is 27.5 Å². The minimum Gasteiger partial charge on any atom is -0.507 e. The molecule has 1 aromatic heterocycles. The Balaban J connectivity index is 1.35. The molecule has 0 saturated carbocycles. The van der Waals surface area contributed by atoms with Crippen molar-refractivity contribution in [2.75, 3.05) is 12.1 Å². The van der Waals surface area contributed by atoms with Crippen LogP contribution in [0.15, 0.2) is 81.9 Å². The quantitative estimate of drug-likeness (QED) is 0.190. The van der Waals surface area contributed by atoms with Gasteiger partial charge in [-0.2, -0.15) is 18.2 Å². The number of alkyl halides is 3. The van der Waals surface area contributed by atoms with Crippen molar-refractivity contribution in [2.45, 2.75) is 24.9 Å². The largest absolute Gasteiger partial charge is 0.507 e. The van der Waals surface area contributed by atoms with E-state index in [4.69, 9.17) is 11.6 Å². The van der Waals surface area contributed by atoms with Crippen LogP contribution in [-0.2, 0) is 25.4 Å². The Morgan fingerprint density at radius 2 is 1.72 bits per heavy atom. The van der Waals surface area contributed by atoms with Crippen LogP contribution in [0.5, 0.6) is 5.75 Å². The molecule has 0 bridgehead atoms. The molecule has 0 spiro atoms. The number of carbonyl (C=O) groups excluding carboxylic acids is 4. The normalized spacial score (nSPS) is 24.5. The number of ketones is 2. The zero-order chi connectivity index (χ0) is 32.8. The molecule has 4 atom stereocenters. The number of carbonyl (C=O) groups is 4. The second-order valence-electron chi connectivity index (χ2n) is 11.6. The van der Waals surface area contributed by atoms with Crippen molar-refractivity contribution in [2.24, 2.45) is 17.8 Å². The first-order chi connectivity index (χ1) is 21.8. The number of pyridine rings is 1. The summed E-state index contributed by atoms with van der Waals surface area (Å²) >= 11 is 9.41. The third-order valence-corrected chi connectivity index (χ3v) is 10.2. The Kier molecular flexibility index (Phi) is 7.02. The van der Waals surface area contributed by atoms with E-state index in [9.17, 15) is 37.5 Å². The number of hydrogen-bond donors (Lipinski definition) is 1. The third kappa shape index (κ3) is 4.44. The van der Waals surface area contributed by atoms with Gasteiger partial charge in [0.2, 0.25) is 0 Å². The maximum Gasteiger partial charge on any atom is 0.433 e. The lowest BCUT2D eigenvalue weighted by molar-refractivity contribution is -0.141. The maximum absolute atomic E-state index is 14.2. The summed E-state index contributed by atoms with van der Waals surface area (Å²) in [6.07, 6.45) is -1.61. The lowest BCUT2D eigenvalue weighted by atomic mass is 9.59. The van der Waals surface area contributed by atoms with E-state index in [0.717, 1.165) is 16.1 Å². The summed E-state index contributed by atoms with van der Waals surface area (Å²) in [5, 5.41) is 13.3. The summed E-state index contributed by atoms with van der Waals surface area (Å²) in [4.78, 5) is 58.8. The first-order valence-corrected chi connectivity index (χ1v) is 15.4. The second kappa shape index (κ2) is 10.6. The van der Waals surface area contributed by atoms with Crippen molar-refractivity contribution in [1.82, 2.24) is 9.99 Å². The van der Waals surface area contributed by atoms with Gasteiger partial charge in [-0.1, -0.05) is 53.6 Å². The first-order valence-electron chi connectivity index (χ1n) is 14.2. The van der Waals surface area contributed by atoms with Crippen molar-refractivity contribution in [3.63, 3.8) is 0 Å². The summed E-state index contributed by atoms with van der Waals surface area (Å²) < 4.78 is 40.5. The lowest BCUT2D eigenvalue weighted by Gasteiger charge is -2.42. The zero-order valence-corrected chi connectivity index (χ0v) is 26.2. The molecular weight excluding hydrogens is 691 g/mol. The summed E-state index contributed by atoms with van der Waals surface area (Å²) in [5.74, 6) is -5.79. The number of Topliss-reactive ketones (excluding diaryl/α,β-unsaturated/α-hetero) is 1. The van der Waals surface area contributed by atoms with E-state index < -0.39 is 59.0 Å². The summed E-state index contributed by atoms with van der Waals surface area (Å²) in [6, 6.07) is 12.0. The van der Waals surface area contributed by atoms with Crippen LogP contribution in [-0.4, -0.2) is 45.5 Å². The van der Waals surface area contributed by atoms with E-state index in [0.29, 0.717) is 28.0 Å². The highest BCUT2D eigenvalue weighted by molar-refractivity contribution is 9.12. The van der Waals surface area contributed by atoms with Crippen LogP contribution in [0, 0.1) is 17.8 Å². The number of anilines is 1. The molecule has 1 saturated heterocycles. The Morgan fingerprint density at radius 1 is 1.00 bits per heavy atom. The number of fused-ring (bicyclic) bond motifs is 4. The molecule has 13 heteroatoms. The summed E-state index contributed by atoms with van der Waals surface area (Å²) in [5.41, 5.74) is 0.585. The van der Waals surface area contributed by atoms with Gasteiger partial charge in [0, 0.05) is 35.6 Å². The van der Waals surface area contributed by atoms with E-state index in [1.165, 1.54) is 19.2 Å². The summed E-state index contributed by atoms with van der Waals surface area (Å²) in [7, 11) is 1.24. The topological polar surface area (TPSA) is 108 Å². The number of allylic oxidation sites excluding steroid dienone is 6. The van der Waals surface area contributed by atoms with Gasteiger partial charge in [-0.05, 0) is 63.8 Å². The van der Waals surface area contributed by atoms with Gasteiger partial charge in [0.25, 0.3) is 11.8 Å². The van der Waals surface area contributed by atoms with Gasteiger partial charge in [0.15, 0.2) is 17.4 Å². The van der Waals surface area contributed by atoms with Gasteiger partial charge in [0.05, 0.1) is 21.3 Å². The smallest absolute Gasteiger partial charge is 0.433 e. The van der Waals surface area contributed by atoms with Crippen LogP contribution < -0.4 is 5.01 Å². The number of nitrogens with zero attached hydrogens (tertiary/aromatic N) is 3. The van der Waals surface area contributed by atoms with Crippen LogP contribution in [0.1, 0.15) is 30.0 Å². The predicted octanol–water partition coefficient (Wildman–Crippen LogP) is 6.43. The molecule has 2 aromatic carbocycles. The molecule has 1 fully saturated rings. The molecule has 0 radical (unpaired) electrons. The van der Waals surface area contributed by atoms with Crippen LogP contribution in [0.3, 0.4) is 0 Å². The number of imide groups is 1. The number of halogens is 5. The van der Waals surface area contributed by atoms with Crippen LogP contribution in [0.4, 0.5) is 19.0 Å². The SMILES string of the molecule is CN(c1nc(C(F)(F)F)ccc1Cl)N1C(=O)C2CC=C3C(c4ccc(O)c5ccccc45)C4=C(CC3C2C1=O)C(=O)C(Br)=CC4=O. The van der Waals surface area contributed by atoms with Crippen molar-refractivity contribution in [3.05, 3.63) is 98.2 Å². The number of hydrazine groups is 1. The number of rotatable bonds is 3. The Bertz CT molecular complexity index is 2020. The Labute approximate surface area is 272 Å². The van der Waals surface area contributed by atoms with E-state index in [1.54, 1.807) is 30.3 Å². The van der Waals surface area contributed by atoms with E-state index >= 15 is 0 Å². The molecule has 4 aliphatic rings. The number of aromatic nitrogens is 1. The molecule has 2 amide bonds. The summed E-state index contributed by atoms with van der Waals surface area (Å²) in [6.45, 7) is 0. The molecule has 1 aliphatic heterocycles. The fraction of sp³-hybridized carbons (Fsp3) is 0.242. The van der Waals surface area contributed by atoms with Gasteiger partial charge < -0.3 is 5.11 Å². The van der Waals surface area contributed by atoms with Crippen molar-refractivity contribution in [3.8, 4) is 5.75 Å². The third-order valence-electron chi connectivity index (χ3n) is 9.28. The monoisotopic (exact) mass is 711 g/mol. The van der Waals surface area contributed by atoms with Crippen molar-refractivity contribution >= 4 is 67.5 Å². The highest BCUT2D eigenvalue weighted by atomic mass is 79.9. The Hall–Kier alpha value is -4.29. The van der Waals surface area contributed by atoms with Gasteiger partial charge in [-0.3, -0.25) is 24.2 Å². The van der Waals surface area contributed by atoms with Gasteiger partial charge in [-0.25, -0.2) is 4.98 Å². The molecular formula is C33H22BrClF3N3O5. The molecule has 234 valence electrons. The van der Waals surface area contributed by atoms with E-state index in [2.05, 4.69) is 20.9 Å². The van der Waals surface area contributed by atoms with Gasteiger partial charge in [-0.15, -0.1) is 0 Å². The molecule has 8 nitrogen and oxygen atoms in total. The number of amides is 2. The minimum absolute atomic E-state index is 0.00149. The standard InChI is InChI=1S/C33H22BrClF3N3O5/c1-40(30-22(35)9-11-25(39-30)33(36,37)38)41-31(45)18-7-6-17-19(27(18)32(41)46)12-20-28(24(43)13-21(34)29(20)44)26(17)16-8-10-23(42)15-5-3-2-4-14(15)16/h2-6,8-11,13,18-19,26-27,42H,7,12H2,1H3. The number of aromatic hydroxyl groups is 1. The number of benzene rings is 2. The minimum atomic E-state index is -4.79. The zero-order valence-electron chi connectivity index (χ0n) is 23.8. The maximum atomic E-state index is 14.2. The Morgan fingerprint density at radius 3 is 2.43 bits per heavy atom. The fourth-order valence-corrected chi connectivity index (χ4v) is 7.99. The highest BCUT2D eigenvalue weighted by Crippen LogP contribution is 2.56. The average molecular weight is 713 g/mol.